The van der Waals surface area contributed by atoms with Gasteiger partial charge in [-0.05, 0) is 110 Å². The van der Waals surface area contributed by atoms with E-state index >= 15 is 0 Å². The highest BCUT2D eigenvalue weighted by Gasteiger charge is 2.60. The van der Waals surface area contributed by atoms with Gasteiger partial charge in [0.2, 0.25) is 0 Å². The van der Waals surface area contributed by atoms with Gasteiger partial charge in [0, 0.05) is 0 Å². The fourth-order valence-electron chi connectivity index (χ4n) is 9.34. The Morgan fingerprint density at radius 1 is 0.862 bits per heavy atom. The van der Waals surface area contributed by atoms with E-state index < -0.39 is 0 Å². The molecule has 0 bridgehead atoms. The van der Waals surface area contributed by atoms with Gasteiger partial charge in [-0.15, -0.1) is 0 Å². The van der Waals surface area contributed by atoms with Crippen molar-refractivity contribution in [2.75, 3.05) is 0 Å². The lowest BCUT2D eigenvalue weighted by atomic mass is 9.44. The first-order valence-electron chi connectivity index (χ1n) is 13.1. The van der Waals surface area contributed by atoms with Crippen molar-refractivity contribution < 1.29 is 10.1 Å². The Bertz CT molecular complexity index is 559. The summed E-state index contributed by atoms with van der Waals surface area (Å²) in [5.74, 6) is 6.36. The molecule has 0 aromatic rings. The average Bonchev–Trinajstić information content (AvgIpc) is 3.04. The molecule has 0 aromatic carbocycles. The van der Waals surface area contributed by atoms with Gasteiger partial charge in [0.25, 0.3) is 0 Å². The minimum Gasteiger partial charge on any atom is -0.252 e. The second-order valence-electron chi connectivity index (χ2n) is 12.7. The van der Waals surface area contributed by atoms with Crippen LogP contribution in [0, 0.1) is 52.3 Å². The summed E-state index contributed by atoms with van der Waals surface area (Å²) in [7, 11) is 0. The molecule has 4 saturated carbocycles. The second kappa shape index (κ2) is 8.45. The van der Waals surface area contributed by atoms with E-state index in [4.69, 9.17) is 4.89 Å². The summed E-state index contributed by atoms with van der Waals surface area (Å²) < 4.78 is 0. The first-order chi connectivity index (χ1) is 13.8. The van der Waals surface area contributed by atoms with E-state index in [9.17, 15) is 5.26 Å². The number of hydrogen-bond donors (Lipinski definition) is 1. The van der Waals surface area contributed by atoms with E-state index in [1.807, 2.05) is 0 Å². The van der Waals surface area contributed by atoms with Crippen molar-refractivity contribution in [3.8, 4) is 0 Å². The van der Waals surface area contributed by atoms with Gasteiger partial charge >= 0.3 is 0 Å². The fraction of sp³-hybridized carbons (Fsp3) is 1.00. The van der Waals surface area contributed by atoms with Gasteiger partial charge in [-0.3, -0.25) is 5.26 Å². The summed E-state index contributed by atoms with van der Waals surface area (Å²) in [6.45, 7) is 12.6. The molecule has 4 rings (SSSR count). The van der Waals surface area contributed by atoms with Crippen molar-refractivity contribution in [1.82, 2.24) is 0 Å². The van der Waals surface area contributed by atoms with Crippen molar-refractivity contribution in [3.05, 3.63) is 0 Å². The number of fused-ring (bicyclic) bond motifs is 5. The molecule has 2 heteroatoms. The Kier molecular flexibility index (Phi) is 6.45. The fourth-order valence-corrected chi connectivity index (χ4v) is 9.34. The maximum Gasteiger partial charge on any atom is 0.0930 e. The normalized spacial score (nSPS) is 48.1. The molecule has 9 atom stereocenters. The van der Waals surface area contributed by atoms with Gasteiger partial charge in [0.1, 0.15) is 0 Å². The third-order valence-electron chi connectivity index (χ3n) is 11.0. The summed E-state index contributed by atoms with van der Waals surface area (Å²) in [4.78, 5) is 4.79. The van der Waals surface area contributed by atoms with Crippen LogP contribution >= 0.6 is 0 Å². The highest BCUT2D eigenvalue weighted by atomic mass is 17.1. The standard InChI is InChI=1S/C27H48O2/c1-18(2)7-6-8-19(3)23-11-12-24-22-10-9-20-17-21(29-28)13-15-26(20,4)25(22)14-16-27(23,24)5/h18-25,28H,6-17H2,1-5H3/t19-,20-,21?,22+,23-,24+,25+,26+,27-/m1/s1. The zero-order valence-corrected chi connectivity index (χ0v) is 20.0. The van der Waals surface area contributed by atoms with Gasteiger partial charge in [-0.25, -0.2) is 4.89 Å². The Morgan fingerprint density at radius 3 is 2.31 bits per heavy atom. The average molecular weight is 405 g/mol. The van der Waals surface area contributed by atoms with Crippen molar-refractivity contribution in [2.24, 2.45) is 52.3 Å². The molecule has 0 aliphatic heterocycles. The summed E-state index contributed by atoms with van der Waals surface area (Å²) in [6, 6.07) is 0. The molecule has 0 saturated heterocycles. The van der Waals surface area contributed by atoms with E-state index in [1.165, 1.54) is 64.2 Å². The molecular weight excluding hydrogens is 356 g/mol. The SMILES string of the molecule is CC(C)CCC[C@@H](C)[C@H]1CC[C@H]2[C@@H]3CC[C@@H]4CC(OO)CC[C@]4(C)[C@H]3CC[C@]12C. The molecule has 2 nitrogen and oxygen atoms in total. The van der Waals surface area contributed by atoms with Gasteiger partial charge in [-0.2, -0.15) is 0 Å². The van der Waals surface area contributed by atoms with Crippen LogP contribution in [0.1, 0.15) is 112 Å². The molecule has 0 heterocycles. The van der Waals surface area contributed by atoms with E-state index in [0.717, 1.165) is 54.3 Å². The summed E-state index contributed by atoms with van der Waals surface area (Å²) >= 11 is 0. The van der Waals surface area contributed by atoms with Crippen LogP contribution in [-0.2, 0) is 4.89 Å². The maximum atomic E-state index is 9.23. The Balaban J connectivity index is 1.45. The van der Waals surface area contributed by atoms with Crippen LogP contribution in [0.2, 0.25) is 0 Å². The van der Waals surface area contributed by atoms with Crippen molar-refractivity contribution >= 4 is 0 Å². The topological polar surface area (TPSA) is 29.5 Å². The van der Waals surface area contributed by atoms with Gasteiger partial charge in [0.15, 0.2) is 0 Å². The summed E-state index contributed by atoms with van der Waals surface area (Å²) in [5.41, 5.74) is 1.10. The van der Waals surface area contributed by atoms with E-state index in [2.05, 4.69) is 34.6 Å². The number of hydrogen-bond acceptors (Lipinski definition) is 2. The lowest BCUT2D eigenvalue weighted by Crippen LogP contribution is -2.54. The third-order valence-corrected chi connectivity index (χ3v) is 11.0. The van der Waals surface area contributed by atoms with Crippen LogP contribution in [0.5, 0.6) is 0 Å². The van der Waals surface area contributed by atoms with Crippen LogP contribution < -0.4 is 0 Å². The predicted molar refractivity (Wildman–Crippen MR) is 121 cm³/mol. The smallest absolute Gasteiger partial charge is 0.0930 e. The molecule has 1 N–H and O–H groups in total. The molecule has 4 aliphatic rings. The zero-order chi connectivity index (χ0) is 20.8. The predicted octanol–water partition coefficient (Wildman–Crippen LogP) is 7.97. The maximum absolute atomic E-state index is 9.23. The second-order valence-corrected chi connectivity index (χ2v) is 12.7. The molecule has 0 amide bonds. The molecular formula is C27H48O2. The van der Waals surface area contributed by atoms with Gasteiger partial charge in [0.05, 0.1) is 6.10 Å². The van der Waals surface area contributed by atoms with Crippen LogP contribution in [0.4, 0.5) is 0 Å². The van der Waals surface area contributed by atoms with Gasteiger partial charge < -0.3 is 0 Å². The molecule has 4 aliphatic carbocycles. The Morgan fingerprint density at radius 2 is 1.59 bits per heavy atom. The quantitative estimate of drug-likeness (QED) is 0.359. The lowest BCUT2D eigenvalue weighted by Gasteiger charge is -2.61. The molecule has 1 unspecified atom stereocenters. The molecule has 29 heavy (non-hydrogen) atoms. The Labute approximate surface area is 180 Å². The van der Waals surface area contributed by atoms with Gasteiger partial charge in [-0.1, -0.05) is 53.9 Å². The monoisotopic (exact) mass is 404 g/mol. The Hall–Kier alpha value is -0.0800. The van der Waals surface area contributed by atoms with Crippen LogP contribution in [0.3, 0.4) is 0 Å². The third kappa shape index (κ3) is 3.84. The first-order valence-corrected chi connectivity index (χ1v) is 13.1. The van der Waals surface area contributed by atoms with Crippen LogP contribution in [0.15, 0.2) is 0 Å². The van der Waals surface area contributed by atoms with Crippen molar-refractivity contribution in [2.45, 2.75) is 118 Å². The lowest BCUT2D eigenvalue weighted by molar-refractivity contribution is -0.296. The molecule has 0 radical (unpaired) electrons. The highest BCUT2D eigenvalue weighted by Crippen LogP contribution is 2.68. The van der Waals surface area contributed by atoms with E-state index in [-0.39, 0.29) is 6.10 Å². The van der Waals surface area contributed by atoms with Crippen LogP contribution in [-0.4, -0.2) is 11.4 Å². The summed E-state index contributed by atoms with van der Waals surface area (Å²) in [5, 5.41) is 9.23. The molecule has 4 fully saturated rings. The molecule has 0 spiro atoms. The molecule has 168 valence electrons. The van der Waals surface area contributed by atoms with E-state index in [1.54, 1.807) is 0 Å². The summed E-state index contributed by atoms with van der Waals surface area (Å²) in [6.07, 6.45) is 16.5. The molecule has 0 aromatic heterocycles. The van der Waals surface area contributed by atoms with Crippen molar-refractivity contribution in [1.29, 1.82) is 0 Å². The first kappa shape index (κ1) is 22.1. The number of rotatable bonds is 6. The highest BCUT2D eigenvalue weighted by molar-refractivity contribution is 5.09. The minimum absolute atomic E-state index is 0.0982. The van der Waals surface area contributed by atoms with Crippen molar-refractivity contribution in [3.63, 3.8) is 0 Å². The zero-order valence-electron chi connectivity index (χ0n) is 20.0. The van der Waals surface area contributed by atoms with Crippen LogP contribution in [0.25, 0.3) is 0 Å². The largest absolute Gasteiger partial charge is 0.252 e. The minimum atomic E-state index is 0.0982. The van der Waals surface area contributed by atoms with E-state index in [0.29, 0.717) is 10.8 Å².